The van der Waals surface area contributed by atoms with Gasteiger partial charge in [-0.3, -0.25) is 0 Å². The molecule has 0 heterocycles. The number of rotatable bonds is 7. The second-order valence-electron chi connectivity index (χ2n) is 3.16. The van der Waals surface area contributed by atoms with Gasteiger partial charge in [0.25, 0.3) is 0 Å². The Morgan fingerprint density at radius 1 is 1.29 bits per heavy atom. The summed E-state index contributed by atoms with van der Waals surface area (Å²) in [6.07, 6.45) is 0. The monoisotopic (exact) mass is 263 g/mol. The van der Waals surface area contributed by atoms with Crippen molar-refractivity contribution in [2.24, 2.45) is 0 Å². The van der Waals surface area contributed by atoms with Gasteiger partial charge < -0.3 is 9.84 Å². The van der Waals surface area contributed by atoms with Crippen molar-refractivity contribution in [1.82, 2.24) is 4.72 Å². The van der Waals surface area contributed by atoms with E-state index in [1.165, 1.54) is 18.2 Å². The zero-order valence-corrected chi connectivity index (χ0v) is 9.91. The number of aliphatic hydroxyl groups is 1. The molecule has 96 valence electrons. The largest absolute Gasteiger partial charge is 0.394 e. The Bertz CT molecular complexity index is 449. The first kappa shape index (κ1) is 14.0. The highest BCUT2D eigenvalue weighted by atomic mass is 32.2. The summed E-state index contributed by atoms with van der Waals surface area (Å²) in [4.78, 5) is -0.387. The van der Waals surface area contributed by atoms with E-state index in [0.717, 1.165) is 6.07 Å². The van der Waals surface area contributed by atoms with Crippen LogP contribution < -0.4 is 4.72 Å². The smallest absolute Gasteiger partial charge is 0.243 e. The van der Waals surface area contributed by atoms with E-state index in [9.17, 15) is 12.8 Å². The molecule has 0 atom stereocenters. The molecule has 0 aromatic heterocycles. The number of benzene rings is 1. The Hall–Kier alpha value is -1.02. The zero-order valence-electron chi connectivity index (χ0n) is 9.10. The number of nitrogens with one attached hydrogen (secondary N) is 1. The van der Waals surface area contributed by atoms with Gasteiger partial charge in [0.1, 0.15) is 10.7 Å². The van der Waals surface area contributed by atoms with Crippen molar-refractivity contribution in [3.63, 3.8) is 0 Å². The molecule has 0 amide bonds. The van der Waals surface area contributed by atoms with Crippen molar-refractivity contribution >= 4 is 10.0 Å². The SMILES string of the molecule is O=S(=O)(NCCOCCO)c1ccccc1F. The van der Waals surface area contributed by atoms with Gasteiger partial charge in [0, 0.05) is 6.54 Å². The van der Waals surface area contributed by atoms with Crippen molar-refractivity contribution in [3.05, 3.63) is 30.1 Å². The molecule has 0 spiro atoms. The molecule has 7 heteroatoms. The van der Waals surface area contributed by atoms with E-state index in [-0.39, 0.29) is 31.3 Å². The summed E-state index contributed by atoms with van der Waals surface area (Å²) in [5.41, 5.74) is 0. The Labute approximate surface area is 99.3 Å². The molecule has 0 aliphatic heterocycles. The number of hydrogen-bond acceptors (Lipinski definition) is 4. The van der Waals surface area contributed by atoms with E-state index in [1.54, 1.807) is 0 Å². The summed E-state index contributed by atoms with van der Waals surface area (Å²) in [7, 11) is -3.85. The van der Waals surface area contributed by atoms with Crippen LogP contribution in [0.1, 0.15) is 0 Å². The van der Waals surface area contributed by atoms with E-state index < -0.39 is 15.8 Å². The third-order valence-corrected chi connectivity index (χ3v) is 3.39. The quantitative estimate of drug-likeness (QED) is 0.685. The molecule has 1 rings (SSSR count). The fourth-order valence-corrected chi connectivity index (χ4v) is 2.25. The van der Waals surface area contributed by atoms with Crippen molar-refractivity contribution in [3.8, 4) is 0 Å². The second-order valence-corrected chi connectivity index (χ2v) is 4.90. The molecule has 0 fully saturated rings. The maximum atomic E-state index is 13.2. The molecular formula is C10H14FNO4S. The van der Waals surface area contributed by atoms with Gasteiger partial charge >= 0.3 is 0 Å². The lowest BCUT2D eigenvalue weighted by atomic mass is 10.4. The molecule has 0 radical (unpaired) electrons. The molecule has 2 N–H and O–H groups in total. The molecule has 1 aromatic rings. The lowest BCUT2D eigenvalue weighted by Crippen LogP contribution is -2.28. The van der Waals surface area contributed by atoms with Gasteiger partial charge in [-0.15, -0.1) is 0 Å². The van der Waals surface area contributed by atoms with Crippen LogP contribution in [0.4, 0.5) is 4.39 Å². The lowest BCUT2D eigenvalue weighted by Gasteiger charge is -2.07. The van der Waals surface area contributed by atoms with Gasteiger partial charge in [-0.1, -0.05) is 12.1 Å². The van der Waals surface area contributed by atoms with Crippen molar-refractivity contribution < 1.29 is 22.7 Å². The van der Waals surface area contributed by atoms with E-state index in [1.807, 2.05) is 0 Å². The van der Waals surface area contributed by atoms with Crippen LogP contribution in [0.2, 0.25) is 0 Å². The molecule has 0 saturated carbocycles. The molecule has 0 aliphatic carbocycles. The minimum Gasteiger partial charge on any atom is -0.394 e. The van der Waals surface area contributed by atoms with Gasteiger partial charge in [0.15, 0.2) is 0 Å². The predicted molar refractivity (Wildman–Crippen MR) is 59.5 cm³/mol. The molecular weight excluding hydrogens is 249 g/mol. The molecule has 5 nitrogen and oxygen atoms in total. The summed E-state index contributed by atoms with van der Waals surface area (Å²) in [6.45, 7) is 0.159. The van der Waals surface area contributed by atoms with E-state index in [0.29, 0.717) is 0 Å². The van der Waals surface area contributed by atoms with Gasteiger partial charge in [-0.2, -0.15) is 0 Å². The fraction of sp³-hybridized carbons (Fsp3) is 0.400. The minimum atomic E-state index is -3.85. The molecule has 0 bridgehead atoms. The molecule has 0 saturated heterocycles. The van der Waals surface area contributed by atoms with Crippen LogP contribution >= 0.6 is 0 Å². The average molecular weight is 263 g/mol. The third-order valence-electron chi connectivity index (χ3n) is 1.90. The maximum absolute atomic E-state index is 13.2. The van der Waals surface area contributed by atoms with Gasteiger partial charge in [-0.05, 0) is 12.1 Å². The first-order valence-electron chi connectivity index (χ1n) is 5.01. The van der Waals surface area contributed by atoms with Crippen molar-refractivity contribution in [2.75, 3.05) is 26.4 Å². The van der Waals surface area contributed by atoms with Crippen LogP contribution in [-0.2, 0) is 14.8 Å². The Morgan fingerprint density at radius 3 is 2.65 bits per heavy atom. The van der Waals surface area contributed by atoms with E-state index >= 15 is 0 Å². The van der Waals surface area contributed by atoms with Crippen LogP contribution in [0.5, 0.6) is 0 Å². The minimum absolute atomic E-state index is 0.0245. The van der Waals surface area contributed by atoms with Crippen LogP contribution in [0.15, 0.2) is 29.2 Å². The summed E-state index contributed by atoms with van der Waals surface area (Å²) < 4.78 is 43.6. The van der Waals surface area contributed by atoms with Gasteiger partial charge in [-0.25, -0.2) is 17.5 Å². The Kier molecular flexibility index (Phi) is 5.49. The zero-order chi connectivity index (χ0) is 12.7. The number of ether oxygens (including phenoxy) is 1. The van der Waals surface area contributed by atoms with Crippen LogP contribution in [0.3, 0.4) is 0 Å². The topological polar surface area (TPSA) is 75.6 Å². The van der Waals surface area contributed by atoms with Gasteiger partial charge in [0.05, 0.1) is 19.8 Å². The summed E-state index contributed by atoms with van der Waals surface area (Å²) >= 11 is 0. The van der Waals surface area contributed by atoms with E-state index in [4.69, 9.17) is 9.84 Å². The first-order valence-corrected chi connectivity index (χ1v) is 6.49. The van der Waals surface area contributed by atoms with Crippen molar-refractivity contribution in [2.45, 2.75) is 4.90 Å². The molecule has 17 heavy (non-hydrogen) atoms. The Balaban J connectivity index is 2.55. The highest BCUT2D eigenvalue weighted by Gasteiger charge is 2.17. The lowest BCUT2D eigenvalue weighted by molar-refractivity contribution is 0.0961. The van der Waals surface area contributed by atoms with Crippen LogP contribution in [-0.4, -0.2) is 39.9 Å². The number of hydrogen-bond donors (Lipinski definition) is 2. The standard InChI is InChI=1S/C10H14FNO4S/c11-9-3-1-2-4-10(9)17(14,15)12-5-7-16-8-6-13/h1-4,12-13H,5-8H2. The molecule has 0 unspecified atom stereocenters. The van der Waals surface area contributed by atoms with E-state index in [2.05, 4.69) is 4.72 Å². The maximum Gasteiger partial charge on any atom is 0.243 e. The number of sulfonamides is 1. The number of aliphatic hydroxyl groups excluding tert-OH is 1. The van der Waals surface area contributed by atoms with Crippen molar-refractivity contribution in [1.29, 1.82) is 0 Å². The Morgan fingerprint density at radius 2 is 2.00 bits per heavy atom. The molecule has 1 aromatic carbocycles. The normalized spacial score (nSPS) is 11.6. The second kappa shape index (κ2) is 6.65. The summed E-state index contributed by atoms with van der Waals surface area (Å²) in [6, 6.07) is 5.13. The summed E-state index contributed by atoms with van der Waals surface area (Å²) in [5, 5.41) is 8.43. The van der Waals surface area contributed by atoms with Gasteiger partial charge in [0.2, 0.25) is 10.0 Å². The molecule has 0 aliphatic rings. The highest BCUT2D eigenvalue weighted by molar-refractivity contribution is 7.89. The first-order chi connectivity index (χ1) is 8.08. The number of halogens is 1. The highest BCUT2D eigenvalue weighted by Crippen LogP contribution is 2.12. The summed E-state index contributed by atoms with van der Waals surface area (Å²) in [5.74, 6) is -0.795. The third kappa shape index (κ3) is 4.39. The average Bonchev–Trinajstić information content (AvgIpc) is 2.29. The fourth-order valence-electron chi connectivity index (χ4n) is 1.16. The van der Waals surface area contributed by atoms with Crippen LogP contribution in [0.25, 0.3) is 0 Å². The predicted octanol–water partition coefficient (Wildman–Crippen LogP) is 0.113. The van der Waals surface area contributed by atoms with Crippen LogP contribution in [0, 0.1) is 5.82 Å².